The van der Waals surface area contributed by atoms with E-state index in [-0.39, 0.29) is 31.2 Å². The first-order chi connectivity index (χ1) is 10.5. The number of hydrogen-bond acceptors (Lipinski definition) is 3. The van der Waals surface area contributed by atoms with Crippen LogP contribution in [-0.2, 0) is 16.0 Å². The Bertz CT molecular complexity index is 613. The molecule has 0 bridgehead atoms. The highest BCUT2D eigenvalue weighted by molar-refractivity contribution is 9.10. The topological polar surface area (TPSA) is 106 Å². The minimum Gasteiger partial charge on any atom is -0.480 e. The van der Waals surface area contributed by atoms with Crippen LogP contribution in [0, 0.1) is 5.92 Å². The number of carboxylic acids is 1. The molecule has 1 aliphatic rings. The number of carbonyl (C=O) groups excluding carboxylic acids is 1. The molecular formula is C14H15BrN4O3. The number of rotatable bonds is 6. The average molecular weight is 367 g/mol. The Balaban J connectivity index is 2.10. The number of likely N-dealkylation sites (tertiary alicyclic amines) is 1. The van der Waals surface area contributed by atoms with Crippen LogP contribution in [0.5, 0.6) is 0 Å². The highest BCUT2D eigenvalue weighted by Crippen LogP contribution is 2.23. The van der Waals surface area contributed by atoms with Crippen molar-refractivity contribution >= 4 is 27.8 Å². The fourth-order valence-corrected chi connectivity index (χ4v) is 2.82. The molecule has 8 heteroatoms. The third-order valence-electron chi connectivity index (χ3n) is 3.65. The Hall–Kier alpha value is -2.05. The van der Waals surface area contributed by atoms with Crippen LogP contribution in [0.1, 0.15) is 12.0 Å². The number of benzene rings is 1. The first kappa shape index (κ1) is 16.3. The maximum Gasteiger partial charge on any atom is 0.326 e. The Kier molecular flexibility index (Phi) is 5.41. The summed E-state index contributed by atoms with van der Waals surface area (Å²) < 4.78 is 0.912. The SMILES string of the molecule is [N-]=[N+]=NCC1CC(=O)N([C@@H](Cc2ccc(Br)cc2)C(=O)O)C1. The van der Waals surface area contributed by atoms with Gasteiger partial charge in [-0.05, 0) is 29.1 Å². The van der Waals surface area contributed by atoms with Gasteiger partial charge >= 0.3 is 5.97 Å². The number of aliphatic carboxylic acids is 1. The van der Waals surface area contributed by atoms with Crippen molar-refractivity contribution in [3.8, 4) is 0 Å². The van der Waals surface area contributed by atoms with E-state index in [4.69, 9.17) is 5.53 Å². The van der Waals surface area contributed by atoms with Crippen LogP contribution < -0.4 is 0 Å². The van der Waals surface area contributed by atoms with E-state index in [1.807, 2.05) is 24.3 Å². The summed E-state index contributed by atoms with van der Waals surface area (Å²) in [6.45, 7) is 0.523. The normalized spacial score (nSPS) is 18.9. The highest BCUT2D eigenvalue weighted by Gasteiger charge is 2.37. The number of carbonyl (C=O) groups is 2. The van der Waals surface area contributed by atoms with Crippen molar-refractivity contribution in [3.63, 3.8) is 0 Å². The van der Waals surface area contributed by atoms with Gasteiger partial charge in [0.1, 0.15) is 6.04 Å². The molecule has 1 aromatic carbocycles. The molecule has 1 heterocycles. The van der Waals surface area contributed by atoms with Gasteiger partial charge in [0.05, 0.1) is 0 Å². The largest absolute Gasteiger partial charge is 0.480 e. The first-order valence-corrected chi connectivity index (χ1v) is 7.58. The summed E-state index contributed by atoms with van der Waals surface area (Å²) in [6.07, 6.45) is 0.478. The second kappa shape index (κ2) is 7.29. The third kappa shape index (κ3) is 3.99. The van der Waals surface area contributed by atoms with E-state index in [2.05, 4.69) is 26.0 Å². The predicted molar refractivity (Wildman–Crippen MR) is 83.1 cm³/mol. The summed E-state index contributed by atoms with van der Waals surface area (Å²) in [5.74, 6) is -1.35. The molecule has 1 unspecified atom stereocenters. The van der Waals surface area contributed by atoms with Crippen LogP contribution in [0.15, 0.2) is 33.9 Å². The summed E-state index contributed by atoms with van der Waals surface area (Å²) in [6, 6.07) is 6.44. The minimum absolute atomic E-state index is 0.116. The van der Waals surface area contributed by atoms with Crippen molar-refractivity contribution in [1.82, 2.24) is 4.90 Å². The molecule has 0 aromatic heterocycles. The van der Waals surface area contributed by atoms with Crippen molar-refractivity contribution in [1.29, 1.82) is 0 Å². The molecule has 0 saturated carbocycles. The van der Waals surface area contributed by atoms with Gasteiger partial charge in [-0.1, -0.05) is 33.2 Å². The van der Waals surface area contributed by atoms with E-state index in [9.17, 15) is 14.7 Å². The first-order valence-electron chi connectivity index (χ1n) is 6.79. The second-order valence-electron chi connectivity index (χ2n) is 5.21. The van der Waals surface area contributed by atoms with Crippen LogP contribution in [0.25, 0.3) is 10.4 Å². The number of halogens is 1. The second-order valence-corrected chi connectivity index (χ2v) is 6.13. The summed E-state index contributed by atoms with van der Waals surface area (Å²) in [4.78, 5) is 27.7. The van der Waals surface area contributed by atoms with Crippen LogP contribution >= 0.6 is 15.9 Å². The Labute approximate surface area is 135 Å². The van der Waals surface area contributed by atoms with E-state index in [0.717, 1.165) is 10.0 Å². The van der Waals surface area contributed by atoms with Gasteiger partial charge < -0.3 is 10.0 Å². The fraction of sp³-hybridized carbons (Fsp3) is 0.429. The van der Waals surface area contributed by atoms with E-state index < -0.39 is 12.0 Å². The summed E-state index contributed by atoms with van der Waals surface area (Å²) >= 11 is 3.33. The van der Waals surface area contributed by atoms with Crippen molar-refractivity contribution in [2.24, 2.45) is 11.0 Å². The molecule has 0 radical (unpaired) electrons. The monoisotopic (exact) mass is 366 g/mol. The van der Waals surface area contributed by atoms with Crippen LogP contribution in [0.3, 0.4) is 0 Å². The van der Waals surface area contributed by atoms with Gasteiger partial charge in [-0.3, -0.25) is 4.79 Å². The Morgan fingerprint density at radius 1 is 1.50 bits per heavy atom. The molecule has 1 saturated heterocycles. The molecule has 1 amide bonds. The lowest BCUT2D eigenvalue weighted by Gasteiger charge is -2.24. The zero-order valence-corrected chi connectivity index (χ0v) is 13.3. The van der Waals surface area contributed by atoms with Crippen molar-refractivity contribution in [2.45, 2.75) is 18.9 Å². The molecule has 7 nitrogen and oxygen atoms in total. The molecule has 1 aliphatic heterocycles. The fourth-order valence-electron chi connectivity index (χ4n) is 2.56. The maximum absolute atomic E-state index is 12.1. The summed E-state index contributed by atoms with van der Waals surface area (Å²) in [5, 5.41) is 12.9. The average Bonchev–Trinajstić information content (AvgIpc) is 2.85. The standard InChI is InChI=1S/C14H15BrN4O3/c15-11-3-1-9(2-4-11)5-12(14(21)22)19-8-10(6-13(19)20)7-17-18-16/h1-4,10,12H,5-8H2,(H,21,22)/t10?,12-/m0/s1. The van der Waals surface area contributed by atoms with Gasteiger partial charge in [-0.15, -0.1) is 0 Å². The van der Waals surface area contributed by atoms with Gasteiger partial charge in [0.2, 0.25) is 5.91 Å². The molecule has 0 aliphatic carbocycles. The van der Waals surface area contributed by atoms with Crippen LogP contribution in [0.2, 0.25) is 0 Å². The molecule has 1 aromatic rings. The molecule has 2 atom stereocenters. The van der Waals surface area contributed by atoms with Gasteiger partial charge in [-0.2, -0.15) is 0 Å². The van der Waals surface area contributed by atoms with Crippen LogP contribution in [-0.4, -0.2) is 41.0 Å². The minimum atomic E-state index is -1.03. The number of carboxylic acid groups (broad SMARTS) is 1. The van der Waals surface area contributed by atoms with E-state index in [1.165, 1.54) is 4.90 Å². The zero-order valence-electron chi connectivity index (χ0n) is 11.7. The maximum atomic E-state index is 12.1. The van der Waals surface area contributed by atoms with E-state index >= 15 is 0 Å². The lowest BCUT2D eigenvalue weighted by molar-refractivity contribution is -0.148. The van der Waals surface area contributed by atoms with Gasteiger partial charge in [0.15, 0.2) is 0 Å². The lowest BCUT2D eigenvalue weighted by atomic mass is 10.0. The Morgan fingerprint density at radius 2 is 2.18 bits per heavy atom. The zero-order chi connectivity index (χ0) is 16.1. The summed E-state index contributed by atoms with van der Waals surface area (Å²) in [7, 11) is 0. The molecular weight excluding hydrogens is 352 g/mol. The van der Waals surface area contributed by atoms with Gasteiger partial charge in [0, 0.05) is 35.3 Å². The number of nitrogens with zero attached hydrogens (tertiary/aromatic N) is 4. The quantitative estimate of drug-likeness (QED) is 0.474. The molecule has 0 spiro atoms. The van der Waals surface area contributed by atoms with Crippen molar-refractivity contribution in [2.75, 3.05) is 13.1 Å². The van der Waals surface area contributed by atoms with Crippen LogP contribution in [0.4, 0.5) is 0 Å². The van der Waals surface area contributed by atoms with Crippen molar-refractivity contribution < 1.29 is 14.7 Å². The number of amides is 1. The number of azide groups is 1. The molecule has 1 fully saturated rings. The van der Waals surface area contributed by atoms with E-state index in [0.29, 0.717) is 6.54 Å². The molecule has 22 heavy (non-hydrogen) atoms. The third-order valence-corrected chi connectivity index (χ3v) is 4.17. The molecule has 1 N–H and O–H groups in total. The summed E-state index contributed by atoms with van der Waals surface area (Å²) in [5.41, 5.74) is 9.18. The van der Waals surface area contributed by atoms with Gasteiger partial charge in [0.25, 0.3) is 0 Å². The number of hydrogen-bond donors (Lipinski definition) is 1. The predicted octanol–water partition coefficient (Wildman–Crippen LogP) is 2.60. The Morgan fingerprint density at radius 3 is 2.77 bits per heavy atom. The molecule has 2 rings (SSSR count). The lowest BCUT2D eigenvalue weighted by Crippen LogP contribution is -2.43. The van der Waals surface area contributed by atoms with Crippen molar-refractivity contribution in [3.05, 3.63) is 44.7 Å². The smallest absolute Gasteiger partial charge is 0.326 e. The molecule has 116 valence electrons. The van der Waals surface area contributed by atoms with Gasteiger partial charge in [-0.25, -0.2) is 4.79 Å². The highest BCUT2D eigenvalue weighted by atomic mass is 79.9. The van der Waals surface area contributed by atoms with E-state index in [1.54, 1.807) is 0 Å².